The summed E-state index contributed by atoms with van der Waals surface area (Å²) < 4.78 is 0. The van der Waals surface area contributed by atoms with E-state index in [1.807, 2.05) is 0 Å². The molecule has 0 aliphatic carbocycles. The van der Waals surface area contributed by atoms with E-state index < -0.39 is 5.90 Å². The van der Waals surface area contributed by atoms with Gasteiger partial charge >= 0.3 is 0 Å². The minimum atomic E-state index is -0.629. The minimum Gasteiger partial charge on any atom is -0.144 e. The molecule has 0 saturated carbocycles. The first kappa shape index (κ1) is 9.00. The topological polar surface area (TPSA) is 0 Å². The van der Waals surface area contributed by atoms with E-state index in [4.69, 9.17) is 11.8 Å². The summed E-state index contributed by atoms with van der Waals surface area (Å²) in [5.41, 5.74) is 0. The van der Waals surface area contributed by atoms with E-state index in [-0.39, 0.29) is 0 Å². The van der Waals surface area contributed by atoms with Gasteiger partial charge in [0.15, 0.2) is 0 Å². The van der Waals surface area contributed by atoms with Crippen LogP contribution in [-0.2, 0) is 11.8 Å². The second-order valence-electron chi connectivity index (χ2n) is 1.85. The molecule has 0 aromatic heterocycles. The minimum absolute atomic E-state index is 0.629. The summed E-state index contributed by atoms with van der Waals surface area (Å²) in [4.78, 5) is 0. The molecule has 0 rings (SSSR count). The molecule has 0 radical (unpaired) electrons. The Morgan fingerprint density at radius 1 is 1.50 bits per heavy atom. The predicted molar refractivity (Wildman–Crippen MR) is 49.1 cm³/mol. The molecule has 1 unspecified atom stereocenters. The Hall–Kier alpha value is 1.00. The average molecular weight is 168 g/mol. The Bertz CT molecular complexity index is 72.8. The van der Waals surface area contributed by atoms with Crippen LogP contribution in [-0.4, -0.2) is 6.16 Å². The molecule has 0 N–H and O–H groups in total. The summed E-state index contributed by atoms with van der Waals surface area (Å²) >= 11 is 9.15. The third-order valence-corrected chi connectivity index (χ3v) is 3.06. The fourth-order valence-electron chi connectivity index (χ4n) is 0.526. The smallest absolute Gasteiger partial charge is 0.00859 e. The summed E-state index contributed by atoms with van der Waals surface area (Å²) in [6, 6.07) is 0. The Balaban J connectivity index is 2.82. The third-order valence-electron chi connectivity index (χ3n) is 0.994. The molecule has 0 aromatic rings. The highest BCUT2D eigenvalue weighted by molar-refractivity contribution is 8.56. The summed E-state index contributed by atoms with van der Waals surface area (Å²) in [6.07, 6.45) is 5.10. The van der Waals surface area contributed by atoms with Crippen LogP contribution in [0.15, 0.2) is 0 Å². The maximum absolute atomic E-state index is 4.96. The maximum atomic E-state index is 4.96. The molecule has 0 saturated heterocycles. The molecule has 3 heteroatoms. The molecule has 0 heterocycles. The van der Waals surface area contributed by atoms with Crippen LogP contribution in [0.5, 0.6) is 0 Å². The zero-order valence-corrected chi connectivity index (χ0v) is 7.89. The maximum Gasteiger partial charge on any atom is -0.00859 e. The van der Waals surface area contributed by atoms with Gasteiger partial charge in [-0.15, -0.1) is 12.2 Å². The second-order valence-corrected chi connectivity index (χ2v) is 7.14. The van der Waals surface area contributed by atoms with E-state index in [0.717, 1.165) is 0 Å². The second kappa shape index (κ2) is 6.12. The third kappa shape index (κ3) is 7.00. The highest BCUT2D eigenvalue weighted by Crippen LogP contribution is 2.27. The van der Waals surface area contributed by atoms with Gasteiger partial charge in [0.05, 0.1) is 0 Å². The number of thiol groups is 1. The number of rotatable bonds is 4. The summed E-state index contributed by atoms with van der Waals surface area (Å²) in [6.45, 7) is 2.20. The molecule has 0 aliphatic rings. The molecule has 1 atom stereocenters. The molecule has 0 amide bonds. The van der Waals surface area contributed by atoms with E-state index in [2.05, 4.69) is 19.2 Å². The van der Waals surface area contributed by atoms with Crippen molar-refractivity contribution in [1.82, 2.24) is 0 Å². The zero-order valence-electron chi connectivity index (χ0n) is 5.18. The van der Waals surface area contributed by atoms with Crippen molar-refractivity contribution in [2.24, 2.45) is 0 Å². The van der Waals surface area contributed by atoms with Crippen LogP contribution >= 0.6 is 18.1 Å². The van der Waals surface area contributed by atoms with Crippen molar-refractivity contribution in [2.75, 3.05) is 6.16 Å². The van der Waals surface area contributed by atoms with E-state index >= 15 is 0 Å². The van der Waals surface area contributed by atoms with Gasteiger partial charge in [-0.1, -0.05) is 31.6 Å². The first-order valence-electron chi connectivity index (χ1n) is 2.99. The lowest BCUT2D eigenvalue weighted by Crippen LogP contribution is -1.73. The van der Waals surface area contributed by atoms with Crippen LogP contribution in [0.4, 0.5) is 0 Å². The molecular weight excluding hydrogens is 155 g/mol. The van der Waals surface area contributed by atoms with Gasteiger partial charge in [-0.05, 0) is 18.5 Å². The Kier molecular flexibility index (Phi) is 6.89. The molecule has 0 aliphatic heterocycles. The van der Waals surface area contributed by atoms with E-state index in [0.29, 0.717) is 0 Å². The zero-order chi connectivity index (χ0) is 6.41. The highest BCUT2D eigenvalue weighted by atomic mass is 32.9. The van der Waals surface area contributed by atoms with Crippen molar-refractivity contribution in [3.8, 4) is 0 Å². The number of hydrogen-bond donors (Lipinski definition) is 1. The molecule has 0 spiro atoms. The van der Waals surface area contributed by atoms with Crippen LogP contribution < -0.4 is 0 Å². The first-order chi connectivity index (χ1) is 3.77. The van der Waals surface area contributed by atoms with Gasteiger partial charge in [0.1, 0.15) is 0 Å². The van der Waals surface area contributed by atoms with E-state index in [1.54, 1.807) is 0 Å². The van der Waals surface area contributed by atoms with Crippen molar-refractivity contribution in [2.45, 2.75) is 26.2 Å². The van der Waals surface area contributed by atoms with Crippen LogP contribution in [0, 0.1) is 0 Å². The van der Waals surface area contributed by atoms with E-state index in [1.165, 1.54) is 25.4 Å². The Morgan fingerprint density at radius 2 is 2.12 bits per heavy atom. The fourth-order valence-corrected chi connectivity index (χ4v) is 1.99. The first-order valence-corrected chi connectivity index (χ1v) is 7.12. The summed E-state index contributed by atoms with van der Waals surface area (Å²) in [5, 5.41) is 0. The molecule has 50 valence electrons. The lowest BCUT2D eigenvalue weighted by molar-refractivity contribution is 0.778. The standard InChI is InChI=1S/C5H13PS2/c1-2-3-4-5-6(7)8/h6H,2-5H2,1H3,(H,7,8). The normalized spacial score (nSPS) is 13.8. The van der Waals surface area contributed by atoms with Crippen molar-refractivity contribution in [3.63, 3.8) is 0 Å². The lowest BCUT2D eigenvalue weighted by atomic mass is 10.3. The van der Waals surface area contributed by atoms with Gasteiger partial charge in [-0.3, -0.25) is 0 Å². The van der Waals surface area contributed by atoms with E-state index in [9.17, 15) is 0 Å². The molecule has 0 aromatic carbocycles. The Labute approximate surface area is 62.6 Å². The van der Waals surface area contributed by atoms with Gasteiger partial charge in [-0.2, -0.15) is 0 Å². The predicted octanol–water partition coefficient (Wildman–Crippen LogP) is 2.70. The molecular formula is C5H13PS2. The van der Waals surface area contributed by atoms with Crippen LogP contribution in [0.3, 0.4) is 0 Å². The van der Waals surface area contributed by atoms with Gasteiger partial charge < -0.3 is 0 Å². The monoisotopic (exact) mass is 168 g/mol. The van der Waals surface area contributed by atoms with Gasteiger partial charge in [0.25, 0.3) is 0 Å². The molecule has 0 bridgehead atoms. The van der Waals surface area contributed by atoms with Gasteiger partial charge in [-0.25, -0.2) is 0 Å². The van der Waals surface area contributed by atoms with Crippen LogP contribution in [0.25, 0.3) is 0 Å². The van der Waals surface area contributed by atoms with Crippen molar-refractivity contribution < 1.29 is 0 Å². The van der Waals surface area contributed by atoms with Crippen molar-refractivity contribution >= 4 is 30.0 Å². The fraction of sp³-hybridized carbons (Fsp3) is 1.00. The van der Waals surface area contributed by atoms with Gasteiger partial charge in [0.2, 0.25) is 0 Å². The highest BCUT2D eigenvalue weighted by Gasteiger charge is 1.85. The molecule has 0 fully saturated rings. The summed E-state index contributed by atoms with van der Waals surface area (Å²) in [5.74, 6) is -0.629. The van der Waals surface area contributed by atoms with Crippen LogP contribution in [0.1, 0.15) is 26.2 Å². The molecule has 8 heavy (non-hydrogen) atoms. The quantitative estimate of drug-likeness (QED) is 0.382. The lowest BCUT2D eigenvalue weighted by Gasteiger charge is -1.93. The largest absolute Gasteiger partial charge is 0.144 e. The average Bonchev–Trinajstić information content (AvgIpc) is 1.66. The van der Waals surface area contributed by atoms with Crippen LogP contribution in [0.2, 0.25) is 0 Å². The van der Waals surface area contributed by atoms with Crippen molar-refractivity contribution in [1.29, 1.82) is 0 Å². The van der Waals surface area contributed by atoms with Gasteiger partial charge in [0, 0.05) is 0 Å². The number of hydrogen-bond acceptors (Lipinski definition) is 1. The summed E-state index contributed by atoms with van der Waals surface area (Å²) in [7, 11) is 0. The molecule has 0 nitrogen and oxygen atoms in total. The SMILES string of the molecule is CCCCC[PH](=S)S. The van der Waals surface area contributed by atoms with Crippen molar-refractivity contribution in [3.05, 3.63) is 0 Å². The Morgan fingerprint density at radius 3 is 2.50 bits per heavy atom. The number of unbranched alkanes of at least 4 members (excludes halogenated alkanes) is 2.